The number of hydrogen-bond donors (Lipinski definition) is 1. The van der Waals surface area contributed by atoms with Crippen molar-refractivity contribution in [1.82, 2.24) is 5.32 Å². The van der Waals surface area contributed by atoms with Gasteiger partial charge < -0.3 is 15.0 Å². The van der Waals surface area contributed by atoms with Crippen LogP contribution in [0, 0.1) is 5.41 Å². The Bertz CT molecular complexity index is 889. The maximum atomic E-state index is 13.2. The monoisotopic (exact) mass is 410 g/mol. The van der Waals surface area contributed by atoms with Gasteiger partial charge in [-0.25, -0.2) is 4.79 Å². The molecule has 0 saturated carbocycles. The first-order chi connectivity index (χ1) is 14.2. The van der Waals surface area contributed by atoms with Gasteiger partial charge in [0.15, 0.2) is 5.78 Å². The van der Waals surface area contributed by atoms with Crippen molar-refractivity contribution in [2.45, 2.75) is 60.3 Å². The molecule has 162 valence electrons. The number of Topliss-reactive ketones (excluding diaryl/α,β-unsaturated/α-hetero) is 1. The highest BCUT2D eigenvalue weighted by Gasteiger charge is 2.43. The Morgan fingerprint density at radius 1 is 1.13 bits per heavy atom. The highest BCUT2D eigenvalue weighted by molar-refractivity contribution is 6.04. The van der Waals surface area contributed by atoms with Gasteiger partial charge in [0.05, 0.1) is 12.2 Å². The van der Waals surface area contributed by atoms with E-state index in [0.29, 0.717) is 18.6 Å². The van der Waals surface area contributed by atoms with Crippen molar-refractivity contribution in [1.29, 1.82) is 0 Å². The predicted molar refractivity (Wildman–Crippen MR) is 120 cm³/mol. The van der Waals surface area contributed by atoms with E-state index in [2.05, 4.69) is 50.0 Å². The number of dihydropyridines is 1. The average molecular weight is 411 g/mol. The first-order valence-electron chi connectivity index (χ1n) is 11.0. The number of hydrogen-bond acceptors (Lipinski definition) is 5. The Morgan fingerprint density at radius 2 is 1.77 bits per heavy atom. The van der Waals surface area contributed by atoms with Crippen LogP contribution in [0.25, 0.3) is 0 Å². The second-order valence-corrected chi connectivity index (χ2v) is 8.91. The van der Waals surface area contributed by atoms with Crippen LogP contribution in [0.1, 0.15) is 65.9 Å². The number of nitrogens with one attached hydrogen (secondary N) is 1. The summed E-state index contributed by atoms with van der Waals surface area (Å²) >= 11 is 0. The van der Waals surface area contributed by atoms with Crippen LogP contribution in [0.4, 0.5) is 5.69 Å². The molecular formula is C25H34N2O3. The molecule has 30 heavy (non-hydrogen) atoms. The third kappa shape index (κ3) is 4.16. The molecule has 0 radical (unpaired) electrons. The molecule has 0 spiro atoms. The fourth-order valence-electron chi connectivity index (χ4n) is 4.72. The second-order valence-electron chi connectivity index (χ2n) is 8.91. The first kappa shape index (κ1) is 22.1. The summed E-state index contributed by atoms with van der Waals surface area (Å²) in [7, 11) is 0. The number of carbonyl (C=O) groups is 2. The number of ether oxygens (including phenoxy) is 1. The van der Waals surface area contributed by atoms with Crippen LogP contribution < -0.4 is 10.2 Å². The summed E-state index contributed by atoms with van der Waals surface area (Å²) in [5.74, 6) is -0.639. The quantitative estimate of drug-likeness (QED) is 0.689. The lowest BCUT2D eigenvalue weighted by Crippen LogP contribution is -2.38. The van der Waals surface area contributed by atoms with Gasteiger partial charge in [0.25, 0.3) is 0 Å². The van der Waals surface area contributed by atoms with E-state index in [0.717, 1.165) is 47.7 Å². The molecule has 0 aromatic heterocycles. The summed E-state index contributed by atoms with van der Waals surface area (Å²) in [6.07, 6.45) is 1.27. The van der Waals surface area contributed by atoms with E-state index in [-0.39, 0.29) is 17.2 Å². The number of benzene rings is 1. The minimum absolute atomic E-state index is 0.0954. The Morgan fingerprint density at radius 3 is 2.33 bits per heavy atom. The standard InChI is InChI=1S/C25H34N2O3/c1-7-27(8-2)18-12-10-17(11-13-18)22-21(24(29)30-9-3)16(4)26-19-14-25(5,6)15-20(28)23(19)22/h10-13,22,26H,7-9,14-15H2,1-6H3. The second kappa shape index (κ2) is 8.66. The summed E-state index contributed by atoms with van der Waals surface area (Å²) in [6.45, 7) is 14.4. The number of carbonyl (C=O) groups excluding carboxylic acids is 2. The maximum Gasteiger partial charge on any atom is 0.336 e. The molecule has 1 aliphatic carbocycles. The molecule has 5 nitrogen and oxygen atoms in total. The maximum absolute atomic E-state index is 13.2. The van der Waals surface area contributed by atoms with Gasteiger partial charge in [0.2, 0.25) is 0 Å². The van der Waals surface area contributed by atoms with Crippen molar-refractivity contribution in [2.75, 3.05) is 24.6 Å². The number of rotatable bonds is 6. The SMILES string of the molecule is CCOC(=O)C1=C(C)NC2=C(C(=O)CC(C)(C)C2)C1c1ccc(N(CC)CC)cc1. The number of anilines is 1. The fourth-order valence-corrected chi connectivity index (χ4v) is 4.72. The Labute approximate surface area is 180 Å². The zero-order chi connectivity index (χ0) is 22.1. The highest BCUT2D eigenvalue weighted by atomic mass is 16.5. The minimum Gasteiger partial charge on any atom is -0.463 e. The van der Waals surface area contributed by atoms with E-state index in [1.807, 2.05) is 19.1 Å². The van der Waals surface area contributed by atoms with E-state index in [9.17, 15) is 9.59 Å². The molecule has 2 aliphatic rings. The first-order valence-corrected chi connectivity index (χ1v) is 11.0. The van der Waals surface area contributed by atoms with Crippen LogP contribution >= 0.6 is 0 Å². The van der Waals surface area contributed by atoms with Crippen molar-refractivity contribution in [3.05, 3.63) is 52.4 Å². The minimum atomic E-state index is -0.394. The van der Waals surface area contributed by atoms with Crippen LogP contribution in [-0.2, 0) is 14.3 Å². The van der Waals surface area contributed by atoms with Gasteiger partial charge in [-0.1, -0.05) is 26.0 Å². The predicted octanol–water partition coefficient (Wildman–Crippen LogP) is 4.70. The summed E-state index contributed by atoms with van der Waals surface area (Å²) in [4.78, 5) is 28.4. The lowest BCUT2D eigenvalue weighted by Gasteiger charge is -2.39. The van der Waals surface area contributed by atoms with Crippen LogP contribution in [0.2, 0.25) is 0 Å². The average Bonchev–Trinajstić information content (AvgIpc) is 2.67. The topological polar surface area (TPSA) is 58.6 Å². The molecule has 1 aromatic carbocycles. The molecule has 0 amide bonds. The van der Waals surface area contributed by atoms with Gasteiger partial charge in [0, 0.05) is 48.1 Å². The Hall–Kier alpha value is -2.56. The number of esters is 1. The van der Waals surface area contributed by atoms with Gasteiger partial charge in [0.1, 0.15) is 0 Å². The van der Waals surface area contributed by atoms with Crippen LogP contribution in [0.3, 0.4) is 0 Å². The molecule has 1 aliphatic heterocycles. The number of ketones is 1. The molecule has 5 heteroatoms. The number of allylic oxidation sites excluding steroid dienone is 3. The molecule has 1 N–H and O–H groups in total. The lowest BCUT2D eigenvalue weighted by molar-refractivity contribution is -0.138. The van der Waals surface area contributed by atoms with E-state index in [4.69, 9.17) is 4.74 Å². The van der Waals surface area contributed by atoms with E-state index in [1.54, 1.807) is 6.92 Å². The molecular weight excluding hydrogens is 376 g/mol. The van der Waals surface area contributed by atoms with Crippen molar-refractivity contribution in [3.8, 4) is 0 Å². The highest BCUT2D eigenvalue weighted by Crippen LogP contribution is 2.46. The normalized spacial score (nSPS) is 20.6. The Balaban J connectivity index is 2.11. The van der Waals surface area contributed by atoms with Crippen molar-refractivity contribution in [2.24, 2.45) is 5.41 Å². The zero-order valence-electron chi connectivity index (χ0n) is 19.1. The smallest absolute Gasteiger partial charge is 0.336 e. The number of nitrogens with zero attached hydrogens (tertiary/aromatic N) is 1. The zero-order valence-corrected chi connectivity index (χ0v) is 19.1. The van der Waals surface area contributed by atoms with Crippen LogP contribution in [0.15, 0.2) is 46.8 Å². The van der Waals surface area contributed by atoms with E-state index < -0.39 is 5.92 Å². The fraction of sp³-hybridized carbons (Fsp3) is 0.520. The molecule has 1 unspecified atom stereocenters. The van der Waals surface area contributed by atoms with Crippen LogP contribution in [-0.4, -0.2) is 31.4 Å². The van der Waals surface area contributed by atoms with Crippen LogP contribution in [0.5, 0.6) is 0 Å². The van der Waals surface area contributed by atoms with E-state index >= 15 is 0 Å². The molecule has 0 bridgehead atoms. The molecule has 0 fully saturated rings. The van der Waals surface area contributed by atoms with Gasteiger partial charge >= 0.3 is 5.97 Å². The molecule has 1 aromatic rings. The summed E-state index contributed by atoms with van der Waals surface area (Å²) < 4.78 is 5.38. The lowest BCUT2D eigenvalue weighted by atomic mass is 9.68. The van der Waals surface area contributed by atoms with Gasteiger partial charge in [-0.15, -0.1) is 0 Å². The van der Waals surface area contributed by atoms with Gasteiger partial charge in [-0.3, -0.25) is 4.79 Å². The Kier molecular flexibility index (Phi) is 6.39. The summed E-state index contributed by atoms with van der Waals surface area (Å²) in [6, 6.07) is 8.27. The molecule has 1 heterocycles. The summed E-state index contributed by atoms with van der Waals surface area (Å²) in [5, 5.41) is 3.37. The van der Waals surface area contributed by atoms with E-state index in [1.165, 1.54) is 0 Å². The molecule has 0 saturated heterocycles. The van der Waals surface area contributed by atoms with Crippen molar-refractivity contribution >= 4 is 17.4 Å². The molecule has 3 rings (SSSR count). The van der Waals surface area contributed by atoms with Crippen molar-refractivity contribution < 1.29 is 14.3 Å². The third-order valence-electron chi connectivity index (χ3n) is 6.09. The van der Waals surface area contributed by atoms with Gasteiger partial charge in [-0.05, 0) is 57.2 Å². The largest absolute Gasteiger partial charge is 0.463 e. The molecule has 1 atom stereocenters. The van der Waals surface area contributed by atoms with Gasteiger partial charge in [-0.2, -0.15) is 0 Å². The third-order valence-corrected chi connectivity index (χ3v) is 6.09. The van der Waals surface area contributed by atoms with Crippen molar-refractivity contribution in [3.63, 3.8) is 0 Å². The summed E-state index contributed by atoms with van der Waals surface area (Å²) in [5.41, 5.74) is 4.98.